The predicted octanol–water partition coefficient (Wildman–Crippen LogP) is 13.5. The number of aromatic nitrogens is 5. The number of hydrogen-bond acceptors (Lipinski definition) is 5. The van der Waals surface area contributed by atoms with E-state index in [1.165, 1.54) is 52.4 Å². The average molecular weight is 780 g/mol. The summed E-state index contributed by atoms with van der Waals surface area (Å²) in [6.45, 7) is 0. The SMILES string of the molecule is C1=C(c2nc(-c3ccc4sc5ccccc5c4c3)nc(-n3c4ccccc4c4ccc5c6ccccc6n(-c6ccccc6)c5c43)n2)CC2c3ccccc3SC2C1. The largest absolute Gasteiger partial charge is 0.307 e. The van der Waals surface area contributed by atoms with Crippen molar-refractivity contribution in [2.24, 2.45) is 0 Å². The molecule has 4 aromatic heterocycles. The quantitative estimate of drug-likeness (QED) is 0.178. The highest BCUT2D eigenvalue weighted by Gasteiger charge is 2.36. The number of allylic oxidation sites excluding steroid dienone is 2. The van der Waals surface area contributed by atoms with E-state index in [-0.39, 0.29) is 0 Å². The van der Waals surface area contributed by atoms with Crippen molar-refractivity contribution in [3.63, 3.8) is 0 Å². The number of nitrogens with zero attached hydrogens (tertiary/aromatic N) is 5. The van der Waals surface area contributed by atoms with Crippen LogP contribution in [0.1, 0.15) is 30.1 Å². The molecule has 5 nitrogen and oxygen atoms in total. The topological polar surface area (TPSA) is 48.5 Å². The number of para-hydroxylation sites is 3. The third-order valence-corrected chi connectivity index (χ3v) is 14.9. The van der Waals surface area contributed by atoms with Gasteiger partial charge in [-0.3, -0.25) is 4.57 Å². The Morgan fingerprint density at radius 1 is 0.517 bits per heavy atom. The number of thioether (sulfide) groups is 1. The normalized spacial score (nSPS) is 16.5. The standard InChI is InChI=1S/C51H33N5S2/c1-2-12-32(13-3-1)55-41-18-8-4-14-33(41)37-24-25-38-34-15-5-9-19-42(34)56(48(38)47(37)55)51-53-49(30-22-26-45-39(28-30)35-16-6-10-20-43(35)57-45)52-50(54-51)31-23-27-46-40(29-31)36-17-7-11-21-44(36)58-46/h1-26,28,40,46H,27,29H2. The second-order valence-corrected chi connectivity index (χ2v) is 17.8. The second kappa shape index (κ2) is 12.5. The lowest BCUT2D eigenvalue weighted by Crippen LogP contribution is -2.16. The third kappa shape index (κ3) is 4.74. The van der Waals surface area contributed by atoms with Crippen LogP contribution >= 0.6 is 23.1 Å². The molecular weight excluding hydrogens is 747 g/mol. The van der Waals surface area contributed by atoms with Crippen LogP contribution < -0.4 is 0 Å². The van der Waals surface area contributed by atoms with Crippen LogP contribution in [0.25, 0.3) is 92.4 Å². The van der Waals surface area contributed by atoms with Gasteiger partial charge in [-0.25, -0.2) is 4.98 Å². The van der Waals surface area contributed by atoms with E-state index in [0.717, 1.165) is 57.4 Å². The minimum Gasteiger partial charge on any atom is -0.307 e. The molecule has 0 saturated heterocycles. The van der Waals surface area contributed by atoms with Gasteiger partial charge < -0.3 is 4.57 Å². The van der Waals surface area contributed by atoms with Crippen LogP contribution in [0.3, 0.4) is 0 Å². The van der Waals surface area contributed by atoms with E-state index in [1.807, 2.05) is 23.1 Å². The Balaban J connectivity index is 1.11. The molecule has 11 aromatic rings. The number of thiophene rings is 1. The van der Waals surface area contributed by atoms with Gasteiger partial charge in [0.2, 0.25) is 5.95 Å². The van der Waals surface area contributed by atoms with Gasteiger partial charge >= 0.3 is 0 Å². The van der Waals surface area contributed by atoms with Gasteiger partial charge in [0.15, 0.2) is 11.6 Å². The van der Waals surface area contributed by atoms with Crippen LogP contribution in [0.4, 0.5) is 0 Å². The molecule has 7 heteroatoms. The summed E-state index contributed by atoms with van der Waals surface area (Å²) in [5.74, 6) is 2.49. The summed E-state index contributed by atoms with van der Waals surface area (Å²) in [5, 5.41) is 7.75. The van der Waals surface area contributed by atoms with Gasteiger partial charge in [0.1, 0.15) is 0 Å². The number of benzene rings is 7. The van der Waals surface area contributed by atoms with Gasteiger partial charge in [-0.05, 0) is 78.6 Å². The van der Waals surface area contributed by atoms with Crippen LogP contribution in [-0.4, -0.2) is 29.3 Å². The molecule has 0 N–H and O–H groups in total. The highest BCUT2D eigenvalue weighted by molar-refractivity contribution is 8.00. The Morgan fingerprint density at radius 2 is 1.17 bits per heavy atom. The lowest BCUT2D eigenvalue weighted by atomic mass is 9.83. The van der Waals surface area contributed by atoms with Crippen LogP contribution in [0.15, 0.2) is 169 Å². The molecule has 0 spiro atoms. The van der Waals surface area contributed by atoms with E-state index in [1.54, 1.807) is 0 Å². The molecule has 274 valence electrons. The van der Waals surface area contributed by atoms with Gasteiger partial charge in [0.25, 0.3) is 0 Å². The van der Waals surface area contributed by atoms with Crippen LogP contribution in [0, 0.1) is 0 Å². The predicted molar refractivity (Wildman–Crippen MR) is 243 cm³/mol. The lowest BCUT2D eigenvalue weighted by molar-refractivity contribution is 0.649. The fourth-order valence-corrected chi connectivity index (χ4v) is 12.2. The van der Waals surface area contributed by atoms with Crippen molar-refractivity contribution < 1.29 is 0 Å². The molecule has 58 heavy (non-hydrogen) atoms. The molecular formula is C51H33N5S2. The van der Waals surface area contributed by atoms with Crippen LogP contribution in [-0.2, 0) is 0 Å². The maximum absolute atomic E-state index is 5.52. The van der Waals surface area contributed by atoms with E-state index in [2.05, 4.69) is 173 Å². The van der Waals surface area contributed by atoms with Crippen LogP contribution in [0.2, 0.25) is 0 Å². The fourth-order valence-electron chi connectivity index (χ4n) is 9.71. The molecule has 0 amide bonds. The highest BCUT2D eigenvalue weighted by Crippen LogP contribution is 2.53. The average Bonchev–Trinajstić information content (AvgIpc) is 4.04. The molecule has 0 saturated carbocycles. The third-order valence-electron chi connectivity index (χ3n) is 12.3. The van der Waals surface area contributed by atoms with Crippen molar-refractivity contribution in [1.82, 2.24) is 24.1 Å². The van der Waals surface area contributed by atoms with Crippen molar-refractivity contribution in [3.05, 3.63) is 175 Å². The zero-order chi connectivity index (χ0) is 37.9. The Hall–Kier alpha value is -6.54. The maximum Gasteiger partial charge on any atom is 0.238 e. The van der Waals surface area contributed by atoms with Crippen molar-refractivity contribution in [2.75, 3.05) is 0 Å². The number of rotatable bonds is 4. The van der Waals surface area contributed by atoms with Crippen LogP contribution in [0.5, 0.6) is 0 Å². The molecule has 0 radical (unpaired) electrons. The van der Waals surface area contributed by atoms with Gasteiger partial charge in [-0.15, -0.1) is 23.1 Å². The summed E-state index contributed by atoms with van der Waals surface area (Å²) < 4.78 is 7.27. The first kappa shape index (κ1) is 32.5. The van der Waals surface area contributed by atoms with Gasteiger partial charge in [0, 0.05) is 69.0 Å². The summed E-state index contributed by atoms with van der Waals surface area (Å²) in [6.07, 6.45) is 4.27. The zero-order valence-electron chi connectivity index (χ0n) is 31.2. The summed E-state index contributed by atoms with van der Waals surface area (Å²) in [6, 6.07) is 57.0. The molecule has 0 fully saturated rings. The number of fused-ring (bicyclic) bond motifs is 13. The molecule has 7 aromatic carbocycles. The summed E-state index contributed by atoms with van der Waals surface area (Å²) in [4.78, 5) is 17.8. The zero-order valence-corrected chi connectivity index (χ0v) is 32.8. The van der Waals surface area contributed by atoms with Gasteiger partial charge in [-0.2, -0.15) is 9.97 Å². The first-order valence-corrected chi connectivity index (χ1v) is 21.6. The molecule has 2 atom stereocenters. The molecule has 2 aliphatic rings. The van der Waals surface area contributed by atoms with E-state index in [4.69, 9.17) is 15.0 Å². The monoisotopic (exact) mass is 779 g/mol. The first-order valence-electron chi connectivity index (χ1n) is 19.9. The molecule has 1 aliphatic heterocycles. The van der Waals surface area contributed by atoms with Crippen molar-refractivity contribution >= 4 is 92.5 Å². The Labute approximate surface area is 341 Å². The van der Waals surface area contributed by atoms with Crippen molar-refractivity contribution in [3.8, 4) is 23.0 Å². The van der Waals surface area contributed by atoms with Gasteiger partial charge in [0.05, 0.1) is 22.1 Å². The van der Waals surface area contributed by atoms with Gasteiger partial charge in [-0.1, -0.05) is 109 Å². The smallest absolute Gasteiger partial charge is 0.238 e. The van der Waals surface area contributed by atoms with E-state index < -0.39 is 0 Å². The minimum atomic E-state index is 0.424. The first-order chi connectivity index (χ1) is 28.7. The summed E-state index contributed by atoms with van der Waals surface area (Å²) in [7, 11) is 0. The van der Waals surface area contributed by atoms with E-state index in [0.29, 0.717) is 22.9 Å². The Morgan fingerprint density at radius 3 is 2.00 bits per heavy atom. The minimum absolute atomic E-state index is 0.424. The lowest BCUT2D eigenvalue weighted by Gasteiger charge is -2.25. The molecule has 0 bridgehead atoms. The Bertz CT molecular complexity index is 3520. The molecule has 13 rings (SSSR count). The summed E-state index contributed by atoms with van der Waals surface area (Å²) >= 11 is 3.85. The second-order valence-electron chi connectivity index (χ2n) is 15.5. The summed E-state index contributed by atoms with van der Waals surface area (Å²) in [5.41, 5.74) is 9.19. The number of hydrogen-bond donors (Lipinski definition) is 0. The molecule has 1 aliphatic carbocycles. The fraction of sp³-hybridized carbons (Fsp3) is 0.0784. The van der Waals surface area contributed by atoms with E-state index in [9.17, 15) is 0 Å². The van der Waals surface area contributed by atoms with E-state index >= 15 is 0 Å². The highest BCUT2D eigenvalue weighted by atomic mass is 32.2. The maximum atomic E-state index is 5.52. The van der Waals surface area contributed by atoms with Crippen molar-refractivity contribution in [1.29, 1.82) is 0 Å². The molecule has 5 heterocycles. The van der Waals surface area contributed by atoms with Crippen molar-refractivity contribution in [2.45, 2.75) is 28.9 Å². The Kier molecular flexibility index (Phi) is 7.00. The molecule has 2 unspecified atom stereocenters.